The van der Waals surface area contributed by atoms with Crippen molar-refractivity contribution in [2.75, 3.05) is 51.7 Å². The van der Waals surface area contributed by atoms with Crippen molar-refractivity contribution in [1.82, 2.24) is 19.0 Å². The molecule has 10 rings (SSSR count). The van der Waals surface area contributed by atoms with Crippen LogP contribution in [0.2, 0.25) is 0 Å². The zero-order valence-electron chi connectivity index (χ0n) is 46.6. The third kappa shape index (κ3) is 18.3. The second-order valence-electron chi connectivity index (χ2n) is 19.1. The molecule has 8 aromatic carbocycles. The average Bonchev–Trinajstić information content (AvgIpc) is 4.37. The molecule has 84 heavy (non-hydrogen) atoms. The Labute approximate surface area is 503 Å². The van der Waals surface area contributed by atoms with Crippen LogP contribution in [0.5, 0.6) is 0 Å². The summed E-state index contributed by atoms with van der Waals surface area (Å²) < 4.78 is 5.93. The number of carbonyl (C=O) groups is 4. The van der Waals surface area contributed by atoms with Crippen molar-refractivity contribution in [3.63, 3.8) is 0 Å². The van der Waals surface area contributed by atoms with Crippen LogP contribution in [0.25, 0.3) is 0 Å². The molecule has 0 saturated heterocycles. The minimum absolute atomic E-state index is 0. The summed E-state index contributed by atoms with van der Waals surface area (Å²) in [5, 5.41) is 0. The van der Waals surface area contributed by atoms with Gasteiger partial charge in [0.05, 0.1) is 26.0 Å². The van der Waals surface area contributed by atoms with Crippen LogP contribution in [-0.4, -0.2) is 74.7 Å². The van der Waals surface area contributed by atoms with Crippen LogP contribution in [0.3, 0.4) is 0 Å². The Morgan fingerprint density at radius 3 is 1.06 bits per heavy atom. The first-order valence-electron chi connectivity index (χ1n) is 27.5. The summed E-state index contributed by atoms with van der Waals surface area (Å²) in [4.78, 5) is 67.0. The van der Waals surface area contributed by atoms with E-state index in [4.69, 9.17) is 17.3 Å². The number of amides is 4. The van der Waals surface area contributed by atoms with Crippen LogP contribution in [-0.2, 0) is 38.8 Å². The fraction of sp³-hybridized carbons (Fsp3) is 0.147. The Balaban J connectivity index is 0.000000306. The number of nitrogens with zero attached hydrogens (tertiary/aromatic N) is 9. The van der Waals surface area contributed by atoms with E-state index in [1.165, 1.54) is 0 Å². The summed E-state index contributed by atoms with van der Waals surface area (Å²) in [6.45, 7) is 3.00. The van der Waals surface area contributed by atoms with E-state index in [0.29, 0.717) is 19.5 Å². The third-order valence-corrected chi connectivity index (χ3v) is 13.3. The molecular formula is C68H68Cl2N10O4. The molecule has 0 aliphatic heterocycles. The minimum atomic E-state index is -0.148. The van der Waals surface area contributed by atoms with Gasteiger partial charge in [-0.05, 0) is 116 Å². The van der Waals surface area contributed by atoms with Crippen molar-refractivity contribution < 1.29 is 36.2 Å². The van der Waals surface area contributed by atoms with Crippen LogP contribution < -0.4 is 42.3 Å². The third-order valence-electron chi connectivity index (χ3n) is 13.1. The quantitative estimate of drug-likeness (QED) is 0.0528. The van der Waals surface area contributed by atoms with Gasteiger partial charge in [0.1, 0.15) is 18.3 Å². The summed E-state index contributed by atoms with van der Waals surface area (Å²) in [6, 6.07) is 76.6. The van der Waals surface area contributed by atoms with Crippen molar-refractivity contribution in [1.29, 1.82) is 0 Å². The molecular weight excluding hydrogens is 1090 g/mol. The number of aryl methyl sites for hydroxylation is 2. The molecule has 428 valence electrons. The maximum Gasteiger partial charge on any atom is 0.273 e. The van der Waals surface area contributed by atoms with Gasteiger partial charge in [0.2, 0.25) is 24.0 Å². The second-order valence-corrected chi connectivity index (χ2v) is 19.3. The molecule has 0 aliphatic carbocycles. The summed E-state index contributed by atoms with van der Waals surface area (Å²) in [5.74, 6) is -0.538. The largest absolute Gasteiger partial charge is 1.00 e. The van der Waals surface area contributed by atoms with Gasteiger partial charge in [-0.3, -0.25) is 43.7 Å². The predicted molar refractivity (Wildman–Crippen MR) is 332 cm³/mol. The molecule has 0 spiro atoms. The Morgan fingerprint density at radius 1 is 0.429 bits per heavy atom. The monoisotopic (exact) mass is 1160 g/mol. The number of imidazole rings is 2. The molecule has 10 aromatic rings. The summed E-state index contributed by atoms with van der Waals surface area (Å²) in [5.41, 5.74) is 11.6. The first kappa shape index (κ1) is 62.2. The van der Waals surface area contributed by atoms with Gasteiger partial charge in [-0.1, -0.05) is 146 Å². The van der Waals surface area contributed by atoms with E-state index in [2.05, 4.69) is 4.98 Å². The number of hydrogen-bond acceptors (Lipinski definition) is 7. The molecule has 2 heterocycles. The highest BCUT2D eigenvalue weighted by Gasteiger charge is 2.26. The minimum Gasteiger partial charge on any atom is -1.00 e. The van der Waals surface area contributed by atoms with Gasteiger partial charge in [0, 0.05) is 71.0 Å². The van der Waals surface area contributed by atoms with Gasteiger partial charge in [-0.2, -0.15) is 0 Å². The highest BCUT2D eigenvalue weighted by atomic mass is 35.5. The lowest BCUT2D eigenvalue weighted by atomic mass is 10.2. The molecule has 0 unspecified atom stereocenters. The molecule has 0 atom stereocenters. The van der Waals surface area contributed by atoms with Crippen molar-refractivity contribution in [3.8, 4) is 0 Å². The molecule has 0 radical (unpaired) electrons. The maximum atomic E-state index is 14.4. The van der Waals surface area contributed by atoms with Crippen molar-refractivity contribution >= 4 is 80.7 Å². The maximum absolute atomic E-state index is 14.4. The molecule has 0 aliphatic rings. The van der Waals surface area contributed by atoms with Gasteiger partial charge in [-0.15, -0.1) is 11.6 Å². The Morgan fingerprint density at radius 2 is 0.750 bits per heavy atom. The molecule has 0 saturated carbocycles. The number of benzene rings is 8. The molecule has 14 nitrogen and oxygen atoms in total. The molecule has 2 aromatic heterocycles. The lowest BCUT2D eigenvalue weighted by Crippen LogP contribution is -3.00. The van der Waals surface area contributed by atoms with Crippen LogP contribution in [0, 0.1) is 0 Å². The number of aromatic nitrogens is 4. The lowest BCUT2D eigenvalue weighted by Gasteiger charge is -2.30. The van der Waals surface area contributed by atoms with Gasteiger partial charge >= 0.3 is 0 Å². The van der Waals surface area contributed by atoms with Crippen LogP contribution >= 0.6 is 11.6 Å². The molecule has 0 fully saturated rings. The van der Waals surface area contributed by atoms with E-state index in [1.54, 1.807) is 32.1 Å². The smallest absolute Gasteiger partial charge is 0.273 e. The van der Waals surface area contributed by atoms with E-state index in [9.17, 15) is 19.2 Å². The number of halogens is 2. The molecule has 0 bridgehead atoms. The number of carbonyl (C=O) groups excluding carboxylic acids is 4. The van der Waals surface area contributed by atoms with Gasteiger partial charge < -0.3 is 22.7 Å². The Kier molecular flexibility index (Phi) is 24.8. The fourth-order valence-electron chi connectivity index (χ4n) is 9.22. The van der Waals surface area contributed by atoms with E-state index >= 15 is 0 Å². The van der Waals surface area contributed by atoms with Crippen LogP contribution in [0.1, 0.15) is 12.8 Å². The van der Waals surface area contributed by atoms with Crippen LogP contribution in [0.15, 0.2) is 280 Å². The zero-order valence-corrected chi connectivity index (χ0v) is 48.1. The fourth-order valence-corrected chi connectivity index (χ4v) is 9.34. The van der Waals surface area contributed by atoms with Gasteiger partial charge in [-0.25, -0.2) is 14.1 Å². The number of nitrogens with two attached hydrogens (primary N) is 1. The summed E-state index contributed by atoms with van der Waals surface area (Å²) in [7, 11) is 0. The predicted octanol–water partition coefficient (Wildman–Crippen LogP) is 9.39. The highest BCUT2D eigenvalue weighted by molar-refractivity contribution is 6.30. The average molecular weight is 1160 g/mol. The number of anilines is 8. The number of alkyl halides is 1. The first-order valence-corrected chi connectivity index (χ1v) is 28.0. The number of rotatable bonds is 22. The molecule has 2 N–H and O–H groups in total. The van der Waals surface area contributed by atoms with Crippen molar-refractivity contribution in [2.24, 2.45) is 5.73 Å². The van der Waals surface area contributed by atoms with Crippen molar-refractivity contribution in [2.45, 2.75) is 32.5 Å². The standard InChI is InChI=1S/C48H45N6O3.C14H12ClNO.C6H11N3.ClH/c55-46(52(40-20-7-1-8-21-40)41-22-9-2-10-23-41)36-50(37-47(56)53(42-24-11-3-12-25-42)43-26-13-4-14-27-43)33-19-32-49-34-35-51(39-49)38-48(57)54(44-28-15-5-16-29-44)45-30-17-6-18-31-45;15-11-14(17)16(12-7-3-1-4-8-12)13-9-5-2-6-10-13;7-2-1-4-9-5-3-8-6-9;/h1-18,20-31,34-35,39H,19,32-33,36-38H2;1-10H,11H2;3,5-6H,1-2,4,7H2;1H/q+1;;;/p-1. The van der Waals surface area contributed by atoms with E-state index in [0.717, 1.165) is 65.0 Å². The van der Waals surface area contributed by atoms with E-state index < -0.39 is 0 Å². The molecule has 4 amide bonds. The van der Waals surface area contributed by atoms with Gasteiger partial charge in [0.25, 0.3) is 5.91 Å². The SMILES string of the molecule is NCCCn1ccnc1.O=C(CCl)N(c1ccccc1)c1ccccc1.O=C(CN(CCCn1cc[n+](CC(=O)N(c2ccccc2)c2ccccc2)c1)CC(=O)N(c1ccccc1)c1ccccc1)N(c1ccccc1)c1ccccc1.[Cl-]. The highest BCUT2D eigenvalue weighted by Crippen LogP contribution is 2.29. The van der Waals surface area contributed by atoms with E-state index in [1.807, 2.05) is 286 Å². The van der Waals surface area contributed by atoms with E-state index in [-0.39, 0.29) is 61.6 Å². The molecule has 16 heteroatoms. The number of para-hydroxylation sites is 8. The van der Waals surface area contributed by atoms with Gasteiger partial charge in [0.15, 0.2) is 6.54 Å². The van der Waals surface area contributed by atoms with Crippen LogP contribution in [0.4, 0.5) is 45.5 Å². The normalized spacial score (nSPS) is 10.5. The number of hydrogen-bond donors (Lipinski definition) is 1. The van der Waals surface area contributed by atoms with Crippen molar-refractivity contribution in [3.05, 3.63) is 280 Å². The summed E-state index contributed by atoms with van der Waals surface area (Å²) in [6.07, 6.45) is 13.0. The Bertz CT molecular complexity index is 3230. The zero-order chi connectivity index (χ0) is 57.9. The first-order chi connectivity index (χ1) is 40.8. The topological polar surface area (TPSA) is 137 Å². The lowest BCUT2D eigenvalue weighted by molar-refractivity contribution is -0.683. The Hall–Kier alpha value is -9.44. The summed E-state index contributed by atoms with van der Waals surface area (Å²) >= 11 is 5.66. The second kappa shape index (κ2) is 33.5.